The van der Waals surface area contributed by atoms with Crippen molar-refractivity contribution in [2.75, 3.05) is 17.2 Å². The molecule has 1 aliphatic carbocycles. The Morgan fingerprint density at radius 2 is 1.69 bits per heavy atom. The molecular formula is C26H29N5O4S. The summed E-state index contributed by atoms with van der Waals surface area (Å²) >= 11 is 1.52. The van der Waals surface area contributed by atoms with Crippen molar-refractivity contribution in [3.8, 4) is 10.6 Å². The van der Waals surface area contributed by atoms with Gasteiger partial charge in [0.1, 0.15) is 23.0 Å². The molecule has 2 aromatic heterocycles. The monoisotopic (exact) mass is 507 g/mol. The Balaban J connectivity index is 1.47. The molecule has 0 aliphatic heterocycles. The quantitative estimate of drug-likeness (QED) is 0.222. The fourth-order valence-corrected chi connectivity index (χ4v) is 5.53. The Kier molecular flexibility index (Phi) is 7.13. The lowest BCUT2D eigenvalue weighted by atomic mass is 9.87. The summed E-state index contributed by atoms with van der Waals surface area (Å²) in [5.74, 6) is 0.784. The Bertz CT molecular complexity index is 1300. The lowest BCUT2D eigenvalue weighted by molar-refractivity contribution is -0.0893. The smallest absolute Gasteiger partial charge is 0.225 e. The highest BCUT2D eigenvalue weighted by atomic mass is 32.1. The number of anilines is 2. The number of fused-ring (bicyclic) bond motifs is 1. The van der Waals surface area contributed by atoms with E-state index in [0.717, 1.165) is 20.8 Å². The van der Waals surface area contributed by atoms with Crippen LogP contribution >= 0.6 is 11.3 Å². The van der Waals surface area contributed by atoms with Crippen molar-refractivity contribution >= 4 is 33.3 Å². The number of hydrogen-bond donors (Lipinski definition) is 6. The minimum atomic E-state index is -1.25. The topological polar surface area (TPSA) is 144 Å². The van der Waals surface area contributed by atoms with Crippen LogP contribution in [0.1, 0.15) is 30.2 Å². The van der Waals surface area contributed by atoms with Crippen LogP contribution in [0.2, 0.25) is 0 Å². The minimum absolute atomic E-state index is 0.209. The normalized spacial score (nSPS) is 22.9. The SMILES string of the molecule is Cc1nc(NCC(O)c2ccccc2)nc(NC2CCC(O)C(O)C2O)c1-c1nc2ccccc2s1. The van der Waals surface area contributed by atoms with Gasteiger partial charge in [-0.15, -0.1) is 11.3 Å². The number of aliphatic hydroxyl groups is 4. The third-order valence-electron chi connectivity index (χ3n) is 6.49. The van der Waals surface area contributed by atoms with Gasteiger partial charge in [-0.25, -0.2) is 9.97 Å². The van der Waals surface area contributed by atoms with E-state index in [1.807, 2.05) is 61.5 Å². The van der Waals surface area contributed by atoms with Crippen LogP contribution in [0.3, 0.4) is 0 Å². The Hall–Kier alpha value is -3.15. The zero-order chi connectivity index (χ0) is 25.2. The van der Waals surface area contributed by atoms with E-state index >= 15 is 0 Å². The average molecular weight is 508 g/mol. The van der Waals surface area contributed by atoms with Crippen LogP contribution in [-0.2, 0) is 0 Å². The minimum Gasteiger partial charge on any atom is -0.390 e. The van der Waals surface area contributed by atoms with E-state index in [1.165, 1.54) is 11.3 Å². The van der Waals surface area contributed by atoms with Crippen LogP contribution < -0.4 is 10.6 Å². The molecule has 5 rings (SSSR count). The number of aliphatic hydroxyl groups excluding tert-OH is 4. The molecule has 5 atom stereocenters. The standard InChI is InChI=1S/C26H29N5O4S/c1-14-21(25-30-16-9-5-6-10-20(16)36-25)24(29-17-11-12-18(32)23(35)22(17)34)31-26(28-14)27-13-19(33)15-7-3-2-4-8-15/h2-10,17-19,22-23,32-35H,11-13H2,1H3,(H2,27,28,29,31). The highest BCUT2D eigenvalue weighted by Gasteiger charge is 2.37. The van der Waals surface area contributed by atoms with Crippen LogP contribution in [0.25, 0.3) is 20.8 Å². The molecule has 2 aromatic carbocycles. The molecular weight excluding hydrogens is 478 g/mol. The van der Waals surface area contributed by atoms with Crippen molar-refractivity contribution in [3.63, 3.8) is 0 Å². The van der Waals surface area contributed by atoms with Crippen molar-refractivity contribution < 1.29 is 20.4 Å². The fraction of sp³-hybridized carbons (Fsp3) is 0.346. The van der Waals surface area contributed by atoms with E-state index in [4.69, 9.17) is 4.98 Å². The van der Waals surface area contributed by atoms with Gasteiger partial charge < -0.3 is 31.1 Å². The largest absolute Gasteiger partial charge is 0.390 e. The number of hydrogen-bond acceptors (Lipinski definition) is 10. The molecule has 4 aromatic rings. The summed E-state index contributed by atoms with van der Waals surface area (Å²) < 4.78 is 1.03. The van der Waals surface area contributed by atoms with Gasteiger partial charge >= 0.3 is 0 Å². The van der Waals surface area contributed by atoms with E-state index in [1.54, 1.807) is 0 Å². The van der Waals surface area contributed by atoms with Gasteiger partial charge in [0.05, 0.1) is 39.7 Å². The molecule has 5 unspecified atom stereocenters. The van der Waals surface area contributed by atoms with Gasteiger partial charge in [-0.2, -0.15) is 4.98 Å². The summed E-state index contributed by atoms with van der Waals surface area (Å²) in [6.45, 7) is 2.07. The maximum Gasteiger partial charge on any atom is 0.225 e. The van der Waals surface area contributed by atoms with Crippen LogP contribution in [0.15, 0.2) is 54.6 Å². The molecule has 1 fully saturated rings. The molecule has 188 valence electrons. The van der Waals surface area contributed by atoms with Gasteiger partial charge in [0.25, 0.3) is 0 Å². The number of para-hydroxylation sites is 1. The summed E-state index contributed by atoms with van der Waals surface area (Å²) in [6.07, 6.45) is -3.31. The fourth-order valence-electron chi connectivity index (χ4n) is 4.46. The van der Waals surface area contributed by atoms with Crippen molar-refractivity contribution in [1.82, 2.24) is 15.0 Å². The molecule has 0 saturated heterocycles. The van der Waals surface area contributed by atoms with Gasteiger partial charge in [0.2, 0.25) is 5.95 Å². The van der Waals surface area contributed by atoms with Crippen molar-refractivity contribution in [2.45, 2.75) is 50.2 Å². The van der Waals surface area contributed by atoms with Crippen molar-refractivity contribution in [3.05, 3.63) is 65.9 Å². The molecule has 1 saturated carbocycles. The second-order valence-corrected chi connectivity index (χ2v) is 10.1. The molecule has 6 N–H and O–H groups in total. The number of aryl methyl sites for hydroxylation is 1. The van der Waals surface area contributed by atoms with Gasteiger partial charge in [-0.05, 0) is 37.5 Å². The first kappa shape index (κ1) is 24.5. The molecule has 0 bridgehead atoms. The maximum atomic E-state index is 10.6. The molecule has 36 heavy (non-hydrogen) atoms. The first-order valence-corrected chi connectivity index (χ1v) is 12.7. The molecule has 0 radical (unpaired) electrons. The van der Waals surface area contributed by atoms with Gasteiger partial charge in [0, 0.05) is 6.54 Å². The highest BCUT2D eigenvalue weighted by molar-refractivity contribution is 7.21. The van der Waals surface area contributed by atoms with Gasteiger partial charge in [-0.1, -0.05) is 42.5 Å². The number of rotatable bonds is 7. The predicted molar refractivity (Wildman–Crippen MR) is 140 cm³/mol. The second kappa shape index (κ2) is 10.5. The predicted octanol–water partition coefficient (Wildman–Crippen LogP) is 2.86. The zero-order valence-corrected chi connectivity index (χ0v) is 20.6. The van der Waals surface area contributed by atoms with E-state index < -0.39 is 30.5 Å². The zero-order valence-electron chi connectivity index (χ0n) is 19.7. The Morgan fingerprint density at radius 1 is 0.944 bits per heavy atom. The van der Waals surface area contributed by atoms with E-state index in [9.17, 15) is 20.4 Å². The van der Waals surface area contributed by atoms with Gasteiger partial charge in [-0.3, -0.25) is 0 Å². The lowest BCUT2D eigenvalue weighted by Gasteiger charge is -2.36. The molecule has 0 spiro atoms. The third-order valence-corrected chi connectivity index (χ3v) is 7.54. The summed E-state index contributed by atoms with van der Waals surface area (Å²) in [5.41, 5.74) is 3.03. The number of nitrogens with zero attached hydrogens (tertiary/aromatic N) is 3. The van der Waals surface area contributed by atoms with Crippen LogP contribution in [0.4, 0.5) is 11.8 Å². The first-order chi connectivity index (χ1) is 17.4. The summed E-state index contributed by atoms with van der Waals surface area (Å²) in [6, 6.07) is 16.7. The Morgan fingerprint density at radius 3 is 2.47 bits per heavy atom. The Labute approximate surface area is 212 Å². The van der Waals surface area contributed by atoms with E-state index in [0.29, 0.717) is 35.9 Å². The molecule has 9 nitrogen and oxygen atoms in total. The number of benzene rings is 2. The van der Waals surface area contributed by atoms with Gasteiger partial charge in [0.15, 0.2) is 0 Å². The summed E-state index contributed by atoms with van der Waals surface area (Å²) in [5, 5.41) is 48.5. The van der Waals surface area contributed by atoms with Crippen molar-refractivity contribution in [2.24, 2.45) is 0 Å². The first-order valence-electron chi connectivity index (χ1n) is 11.9. The van der Waals surface area contributed by atoms with Crippen molar-refractivity contribution in [1.29, 1.82) is 0 Å². The van der Waals surface area contributed by atoms with E-state index in [2.05, 4.69) is 20.6 Å². The molecule has 1 aliphatic rings. The highest BCUT2D eigenvalue weighted by Crippen LogP contribution is 2.37. The number of thiazole rings is 1. The number of nitrogens with one attached hydrogen (secondary N) is 2. The second-order valence-electron chi connectivity index (χ2n) is 9.03. The maximum absolute atomic E-state index is 10.6. The summed E-state index contributed by atoms with van der Waals surface area (Å²) in [7, 11) is 0. The lowest BCUT2D eigenvalue weighted by Crippen LogP contribution is -2.52. The van der Waals surface area contributed by atoms with Crippen LogP contribution in [0.5, 0.6) is 0 Å². The van der Waals surface area contributed by atoms with E-state index in [-0.39, 0.29) is 6.54 Å². The van der Waals surface area contributed by atoms with Crippen LogP contribution in [0, 0.1) is 6.92 Å². The molecule has 2 heterocycles. The number of aromatic nitrogens is 3. The summed E-state index contributed by atoms with van der Waals surface area (Å²) in [4.78, 5) is 14.1. The average Bonchev–Trinajstić information content (AvgIpc) is 3.31. The third kappa shape index (κ3) is 5.04. The molecule has 0 amide bonds. The molecule has 10 heteroatoms. The van der Waals surface area contributed by atoms with Crippen LogP contribution in [-0.4, -0.2) is 66.3 Å².